The number of nitrogens with two attached hydrogens (primary N) is 2. The predicted molar refractivity (Wildman–Crippen MR) is 169 cm³/mol. The zero-order valence-corrected chi connectivity index (χ0v) is 25.5. The van der Waals surface area contributed by atoms with Crippen LogP contribution in [-0.2, 0) is 33.6 Å². The SMILES string of the molecule is CC(C)(C)OC(=O)Nc1cccc(CC(=O)Nc2nnc(CCCC/C(N)=C/C=C(\N)NC(=O)Cc3ccccc3)s2)c1. The summed E-state index contributed by atoms with van der Waals surface area (Å²) < 4.78 is 5.27. The maximum atomic E-state index is 12.6. The average Bonchev–Trinajstić information content (AvgIpc) is 3.36. The number of carbonyl (C=O) groups excluding carboxylic acids is 3. The summed E-state index contributed by atoms with van der Waals surface area (Å²) >= 11 is 1.33. The summed E-state index contributed by atoms with van der Waals surface area (Å²) in [6, 6.07) is 16.4. The number of aromatic nitrogens is 2. The number of anilines is 2. The smallest absolute Gasteiger partial charge is 0.412 e. The van der Waals surface area contributed by atoms with Gasteiger partial charge in [0.15, 0.2) is 0 Å². The molecule has 0 bridgehead atoms. The molecule has 0 fully saturated rings. The zero-order chi connectivity index (χ0) is 31.2. The number of nitrogens with one attached hydrogen (secondary N) is 3. The van der Waals surface area contributed by atoms with Gasteiger partial charge in [-0.15, -0.1) is 10.2 Å². The van der Waals surface area contributed by atoms with Gasteiger partial charge in [0.2, 0.25) is 16.9 Å². The van der Waals surface area contributed by atoms with E-state index in [1.54, 1.807) is 57.2 Å². The number of hydrogen-bond acceptors (Lipinski definition) is 9. The van der Waals surface area contributed by atoms with Gasteiger partial charge in [-0.2, -0.15) is 0 Å². The van der Waals surface area contributed by atoms with Gasteiger partial charge in [-0.3, -0.25) is 14.9 Å². The highest BCUT2D eigenvalue weighted by molar-refractivity contribution is 7.15. The van der Waals surface area contributed by atoms with Crippen LogP contribution in [0.25, 0.3) is 0 Å². The zero-order valence-electron chi connectivity index (χ0n) is 24.7. The molecule has 3 rings (SSSR count). The number of unbranched alkanes of at least 4 members (excludes halogenated alkanes) is 1. The van der Waals surface area contributed by atoms with Gasteiger partial charge in [-0.25, -0.2) is 4.79 Å². The molecule has 11 nitrogen and oxygen atoms in total. The Hall–Kier alpha value is -4.71. The van der Waals surface area contributed by atoms with E-state index in [9.17, 15) is 14.4 Å². The number of nitrogens with zero attached hydrogens (tertiary/aromatic N) is 2. The second kappa shape index (κ2) is 16.1. The first kappa shape index (κ1) is 32.8. The Labute approximate surface area is 255 Å². The van der Waals surface area contributed by atoms with Gasteiger partial charge in [0.05, 0.1) is 12.8 Å². The van der Waals surface area contributed by atoms with Gasteiger partial charge in [-0.05, 0) is 75.4 Å². The molecule has 0 aliphatic heterocycles. The van der Waals surface area contributed by atoms with E-state index in [1.165, 1.54) is 11.3 Å². The maximum Gasteiger partial charge on any atom is 0.412 e. The van der Waals surface area contributed by atoms with E-state index >= 15 is 0 Å². The molecular formula is C31H39N7O4S. The van der Waals surface area contributed by atoms with Gasteiger partial charge in [0, 0.05) is 17.8 Å². The Kier molecular flexibility index (Phi) is 12.3. The van der Waals surface area contributed by atoms with E-state index in [2.05, 4.69) is 26.1 Å². The van der Waals surface area contributed by atoms with E-state index in [-0.39, 0.29) is 30.5 Å². The Morgan fingerprint density at radius 2 is 1.60 bits per heavy atom. The fourth-order valence-corrected chi connectivity index (χ4v) is 4.65. The molecule has 0 aliphatic carbocycles. The summed E-state index contributed by atoms with van der Waals surface area (Å²) in [5, 5.41) is 17.6. The number of amides is 3. The first-order chi connectivity index (χ1) is 20.4. The Morgan fingerprint density at radius 3 is 2.35 bits per heavy atom. The van der Waals surface area contributed by atoms with Crippen LogP contribution < -0.4 is 27.4 Å². The minimum Gasteiger partial charge on any atom is -0.444 e. The van der Waals surface area contributed by atoms with Gasteiger partial charge in [0.25, 0.3) is 0 Å². The highest BCUT2D eigenvalue weighted by Crippen LogP contribution is 2.19. The second-order valence-electron chi connectivity index (χ2n) is 10.8. The van der Waals surface area contributed by atoms with Crippen molar-refractivity contribution in [3.05, 3.63) is 94.4 Å². The molecule has 2 aromatic carbocycles. The average molecular weight is 606 g/mol. The summed E-state index contributed by atoms with van der Waals surface area (Å²) in [5.41, 5.74) is 14.2. The molecule has 0 atom stereocenters. The lowest BCUT2D eigenvalue weighted by molar-refractivity contribution is -0.119. The molecule has 0 radical (unpaired) electrons. The van der Waals surface area contributed by atoms with Crippen molar-refractivity contribution in [3.63, 3.8) is 0 Å². The lowest BCUT2D eigenvalue weighted by Gasteiger charge is -2.19. The molecule has 43 heavy (non-hydrogen) atoms. The molecule has 0 saturated carbocycles. The van der Waals surface area contributed by atoms with Crippen LogP contribution in [0.15, 0.2) is 78.3 Å². The Balaban J connectivity index is 1.36. The van der Waals surface area contributed by atoms with Crippen LogP contribution in [-0.4, -0.2) is 33.7 Å². The van der Waals surface area contributed by atoms with Gasteiger partial charge >= 0.3 is 6.09 Å². The van der Waals surface area contributed by atoms with E-state index in [0.717, 1.165) is 29.0 Å². The lowest BCUT2D eigenvalue weighted by atomic mass is 10.1. The van der Waals surface area contributed by atoms with Crippen LogP contribution in [0.3, 0.4) is 0 Å². The third kappa shape index (κ3) is 13.2. The van der Waals surface area contributed by atoms with E-state index in [4.69, 9.17) is 16.2 Å². The standard InChI is InChI=1S/C31H39N7O4S/c1-31(2,3)42-30(41)34-24-14-9-12-22(18-24)20-27(40)36-29-38-37-28(43-29)15-8-7-13-23(32)16-17-25(33)35-26(39)19-21-10-5-4-6-11-21/h4-6,9-12,14,16-18H,7-8,13,15,19-20,32-33H2,1-3H3,(H,34,41)(H,35,39)(H,36,38,40)/b23-16-,25-17+. The highest BCUT2D eigenvalue weighted by Gasteiger charge is 2.16. The minimum absolute atomic E-state index is 0.111. The van der Waals surface area contributed by atoms with Crippen LogP contribution >= 0.6 is 11.3 Å². The van der Waals surface area contributed by atoms with Crippen LogP contribution in [0.5, 0.6) is 0 Å². The fraction of sp³-hybridized carbons (Fsp3) is 0.323. The molecule has 0 spiro atoms. The minimum atomic E-state index is -0.608. The van der Waals surface area contributed by atoms with Gasteiger partial charge < -0.3 is 26.8 Å². The van der Waals surface area contributed by atoms with Crippen molar-refractivity contribution in [2.45, 2.75) is 64.9 Å². The van der Waals surface area contributed by atoms with E-state index in [1.807, 2.05) is 30.3 Å². The number of benzene rings is 2. The molecule has 3 amide bonds. The molecule has 0 aliphatic rings. The maximum absolute atomic E-state index is 12.6. The van der Waals surface area contributed by atoms with Crippen LogP contribution in [0, 0.1) is 0 Å². The molecule has 1 aromatic heterocycles. The first-order valence-corrected chi connectivity index (χ1v) is 14.7. The van der Waals surface area contributed by atoms with E-state index < -0.39 is 11.7 Å². The first-order valence-electron chi connectivity index (χ1n) is 13.9. The molecule has 7 N–H and O–H groups in total. The van der Waals surface area contributed by atoms with Crippen LogP contribution in [0.1, 0.15) is 56.2 Å². The topological polar surface area (TPSA) is 174 Å². The molecule has 228 valence electrons. The molecular weight excluding hydrogens is 566 g/mol. The number of rotatable bonds is 13. The number of ether oxygens (including phenoxy) is 1. The molecule has 1 heterocycles. The van der Waals surface area contributed by atoms with E-state index in [0.29, 0.717) is 29.4 Å². The number of aryl methyl sites for hydroxylation is 1. The Bertz CT molecular complexity index is 1450. The number of allylic oxidation sites excluding steroid dienone is 3. The monoisotopic (exact) mass is 605 g/mol. The summed E-state index contributed by atoms with van der Waals surface area (Å²) in [4.78, 5) is 36.7. The van der Waals surface area contributed by atoms with Crippen molar-refractivity contribution < 1.29 is 19.1 Å². The van der Waals surface area contributed by atoms with Crippen molar-refractivity contribution in [1.82, 2.24) is 15.5 Å². The van der Waals surface area contributed by atoms with Crippen molar-refractivity contribution in [2.75, 3.05) is 10.6 Å². The van der Waals surface area contributed by atoms with Crippen molar-refractivity contribution >= 4 is 40.1 Å². The summed E-state index contributed by atoms with van der Waals surface area (Å²) in [5.74, 6) is -0.197. The summed E-state index contributed by atoms with van der Waals surface area (Å²) in [6.07, 6.45) is 6.10. The number of hydrogen-bond donors (Lipinski definition) is 5. The molecule has 0 unspecified atom stereocenters. The Morgan fingerprint density at radius 1 is 0.884 bits per heavy atom. The molecule has 0 saturated heterocycles. The fourth-order valence-electron chi connectivity index (χ4n) is 3.85. The van der Waals surface area contributed by atoms with Gasteiger partial charge in [-0.1, -0.05) is 53.8 Å². The summed E-state index contributed by atoms with van der Waals surface area (Å²) in [7, 11) is 0. The van der Waals surface area contributed by atoms with Crippen molar-refractivity contribution in [1.29, 1.82) is 0 Å². The quantitative estimate of drug-likeness (QED) is 0.137. The van der Waals surface area contributed by atoms with Crippen LogP contribution in [0.2, 0.25) is 0 Å². The molecule has 3 aromatic rings. The number of carbonyl (C=O) groups is 3. The largest absolute Gasteiger partial charge is 0.444 e. The predicted octanol–water partition coefficient (Wildman–Crippen LogP) is 4.78. The van der Waals surface area contributed by atoms with Crippen molar-refractivity contribution in [3.8, 4) is 0 Å². The van der Waals surface area contributed by atoms with Crippen molar-refractivity contribution in [2.24, 2.45) is 11.5 Å². The normalized spacial score (nSPS) is 12.0. The highest BCUT2D eigenvalue weighted by atomic mass is 32.1. The third-order valence-electron chi connectivity index (χ3n) is 5.72. The second-order valence-corrected chi connectivity index (χ2v) is 11.9. The summed E-state index contributed by atoms with van der Waals surface area (Å²) in [6.45, 7) is 5.36. The lowest BCUT2D eigenvalue weighted by Crippen LogP contribution is -2.28. The third-order valence-corrected chi connectivity index (χ3v) is 6.62. The van der Waals surface area contributed by atoms with Crippen LogP contribution in [0.4, 0.5) is 15.6 Å². The molecule has 12 heteroatoms. The van der Waals surface area contributed by atoms with Gasteiger partial charge in [0.1, 0.15) is 16.4 Å².